The second-order valence-electron chi connectivity index (χ2n) is 7.43. The van der Waals surface area contributed by atoms with Crippen LogP contribution in [-0.2, 0) is 17.6 Å². The van der Waals surface area contributed by atoms with Gasteiger partial charge in [0.1, 0.15) is 17.8 Å². The molecular formula is C21H16F6N2O2. The Morgan fingerprint density at radius 2 is 1.71 bits per heavy atom. The van der Waals surface area contributed by atoms with Gasteiger partial charge in [0.2, 0.25) is 5.91 Å². The Kier molecular flexibility index (Phi) is 4.90. The lowest BCUT2D eigenvalue weighted by Crippen LogP contribution is -2.36. The molecule has 1 aliphatic carbocycles. The number of alkyl halides is 6. The summed E-state index contributed by atoms with van der Waals surface area (Å²) < 4.78 is 83.0. The lowest BCUT2D eigenvalue weighted by atomic mass is 10.1. The molecule has 2 aromatic carbocycles. The number of rotatable bonds is 5. The predicted molar refractivity (Wildman–Crippen MR) is 100 cm³/mol. The van der Waals surface area contributed by atoms with Crippen molar-refractivity contribution in [3.8, 4) is 5.75 Å². The van der Waals surface area contributed by atoms with Crippen LogP contribution in [0, 0.1) is 5.41 Å². The van der Waals surface area contributed by atoms with E-state index in [9.17, 15) is 31.1 Å². The molecule has 0 saturated heterocycles. The fraction of sp³-hybridized carbons (Fsp3) is 0.286. The molecule has 2 N–H and O–H groups in total. The van der Waals surface area contributed by atoms with Crippen molar-refractivity contribution in [3.63, 3.8) is 0 Å². The van der Waals surface area contributed by atoms with Gasteiger partial charge >= 0.3 is 12.4 Å². The Hall–Kier alpha value is -3.17. The molecule has 0 atom stereocenters. The highest BCUT2D eigenvalue weighted by atomic mass is 19.4. The third kappa shape index (κ3) is 4.06. The molecule has 1 fully saturated rings. The third-order valence-corrected chi connectivity index (χ3v) is 5.32. The maximum absolute atomic E-state index is 13.2. The minimum atomic E-state index is -4.61. The van der Waals surface area contributed by atoms with Crippen molar-refractivity contribution in [2.24, 2.45) is 5.41 Å². The molecule has 10 heteroatoms. The van der Waals surface area contributed by atoms with Crippen molar-refractivity contribution in [2.45, 2.75) is 31.8 Å². The van der Waals surface area contributed by atoms with Crippen LogP contribution in [0.25, 0.3) is 10.9 Å². The van der Waals surface area contributed by atoms with Crippen LogP contribution in [0.4, 0.5) is 32.0 Å². The summed E-state index contributed by atoms with van der Waals surface area (Å²) in [6, 6.07) is 9.28. The molecule has 0 spiro atoms. The Bertz CT molecular complexity index is 1110. The van der Waals surface area contributed by atoms with Gasteiger partial charge in [0.05, 0.1) is 11.3 Å². The van der Waals surface area contributed by atoms with Crippen LogP contribution in [0.3, 0.4) is 0 Å². The van der Waals surface area contributed by atoms with E-state index in [1.54, 1.807) is 18.2 Å². The van der Waals surface area contributed by atoms with E-state index in [1.165, 1.54) is 18.3 Å². The predicted octanol–water partition coefficient (Wildman–Crippen LogP) is 6.05. The standard InChI is InChI=1S/C21H16F6N2O2/c22-20(23,24)13-3-1-12(2-4-13)11-31-14-5-6-16-15(9-14)17(10-28-16)29-18(30)19(7-8-19)21(25,26)27/h1-6,9-10,28H,7-8,11H2,(H,29,30). The van der Waals surface area contributed by atoms with Crippen molar-refractivity contribution in [3.05, 3.63) is 59.8 Å². The van der Waals surface area contributed by atoms with Gasteiger partial charge in [-0.25, -0.2) is 0 Å². The van der Waals surface area contributed by atoms with Crippen molar-refractivity contribution >= 4 is 22.5 Å². The molecule has 0 aliphatic heterocycles. The molecule has 1 saturated carbocycles. The van der Waals surface area contributed by atoms with Gasteiger partial charge in [0.25, 0.3) is 0 Å². The number of carbonyl (C=O) groups is 1. The summed E-state index contributed by atoms with van der Waals surface area (Å²) in [7, 11) is 0. The molecule has 31 heavy (non-hydrogen) atoms. The van der Waals surface area contributed by atoms with E-state index in [0.29, 0.717) is 22.2 Å². The zero-order valence-corrected chi connectivity index (χ0v) is 15.8. The highest BCUT2D eigenvalue weighted by Crippen LogP contribution is 2.58. The Morgan fingerprint density at radius 1 is 1.03 bits per heavy atom. The summed E-state index contributed by atoms with van der Waals surface area (Å²) in [6.45, 7) is -0.00700. The first-order chi connectivity index (χ1) is 14.5. The van der Waals surface area contributed by atoms with E-state index in [4.69, 9.17) is 4.74 Å². The third-order valence-electron chi connectivity index (χ3n) is 5.32. The van der Waals surface area contributed by atoms with Crippen LogP contribution in [0.1, 0.15) is 24.0 Å². The highest BCUT2D eigenvalue weighted by Gasteiger charge is 2.68. The average Bonchev–Trinajstić information content (AvgIpc) is 3.44. The topological polar surface area (TPSA) is 54.1 Å². The summed E-state index contributed by atoms with van der Waals surface area (Å²) in [5.41, 5.74) is -1.83. The molecule has 1 aromatic heterocycles. The lowest BCUT2D eigenvalue weighted by Gasteiger charge is -2.18. The van der Waals surface area contributed by atoms with Crippen LogP contribution in [0.15, 0.2) is 48.7 Å². The monoisotopic (exact) mass is 442 g/mol. The van der Waals surface area contributed by atoms with Gasteiger partial charge in [-0.05, 0) is 48.7 Å². The first-order valence-electron chi connectivity index (χ1n) is 9.28. The molecule has 4 rings (SSSR count). The maximum atomic E-state index is 13.2. The molecule has 0 radical (unpaired) electrons. The number of fused-ring (bicyclic) bond motifs is 1. The molecule has 3 aromatic rings. The van der Waals surface area contributed by atoms with Crippen LogP contribution in [-0.4, -0.2) is 17.1 Å². The molecular weight excluding hydrogens is 426 g/mol. The molecule has 0 unspecified atom stereocenters. The number of anilines is 1. The number of ether oxygens (including phenoxy) is 1. The largest absolute Gasteiger partial charge is 0.489 e. The van der Waals surface area contributed by atoms with Crippen molar-refractivity contribution < 1.29 is 35.9 Å². The summed E-state index contributed by atoms with van der Waals surface area (Å²) in [4.78, 5) is 15.1. The van der Waals surface area contributed by atoms with Crippen molar-refractivity contribution in [1.29, 1.82) is 0 Å². The zero-order valence-electron chi connectivity index (χ0n) is 15.8. The Morgan fingerprint density at radius 3 is 2.29 bits per heavy atom. The minimum Gasteiger partial charge on any atom is -0.489 e. The van der Waals surface area contributed by atoms with E-state index in [1.807, 2.05) is 0 Å². The SMILES string of the molecule is O=C(Nc1c[nH]c2ccc(OCc3ccc(C(F)(F)F)cc3)cc12)C1(C(F)(F)F)CC1. The van der Waals surface area contributed by atoms with Gasteiger partial charge in [-0.1, -0.05) is 12.1 Å². The van der Waals surface area contributed by atoms with E-state index in [2.05, 4.69) is 10.3 Å². The van der Waals surface area contributed by atoms with Gasteiger partial charge in [-0.3, -0.25) is 4.79 Å². The lowest BCUT2D eigenvalue weighted by molar-refractivity contribution is -0.189. The van der Waals surface area contributed by atoms with Gasteiger partial charge < -0.3 is 15.0 Å². The van der Waals surface area contributed by atoms with E-state index < -0.39 is 29.2 Å². The number of aromatic nitrogens is 1. The minimum absolute atomic E-state index is 0.00700. The number of hydrogen-bond acceptors (Lipinski definition) is 2. The van der Waals surface area contributed by atoms with Crippen LogP contribution in [0.2, 0.25) is 0 Å². The van der Waals surface area contributed by atoms with E-state index in [-0.39, 0.29) is 25.1 Å². The van der Waals surface area contributed by atoms with Crippen LogP contribution < -0.4 is 10.1 Å². The first kappa shape index (κ1) is 21.1. The summed E-state index contributed by atoms with van der Waals surface area (Å²) in [5, 5.41) is 2.80. The fourth-order valence-electron chi connectivity index (χ4n) is 3.26. The van der Waals surface area contributed by atoms with E-state index in [0.717, 1.165) is 12.1 Å². The highest BCUT2D eigenvalue weighted by molar-refractivity contribution is 6.05. The number of aromatic amines is 1. The summed E-state index contributed by atoms with van der Waals surface area (Å²) >= 11 is 0. The zero-order chi connectivity index (χ0) is 22.4. The Balaban J connectivity index is 1.48. The second kappa shape index (κ2) is 7.21. The number of carbonyl (C=O) groups excluding carboxylic acids is 1. The normalized spacial score (nSPS) is 15.7. The Labute approximate surface area is 172 Å². The van der Waals surface area contributed by atoms with Gasteiger partial charge in [0.15, 0.2) is 0 Å². The van der Waals surface area contributed by atoms with Crippen LogP contribution in [0.5, 0.6) is 5.75 Å². The molecule has 1 aliphatic rings. The quantitative estimate of drug-likeness (QED) is 0.473. The van der Waals surface area contributed by atoms with E-state index >= 15 is 0 Å². The van der Waals surface area contributed by atoms with Crippen LogP contribution >= 0.6 is 0 Å². The number of halogens is 6. The number of H-pyrrole nitrogens is 1. The second-order valence-corrected chi connectivity index (χ2v) is 7.43. The van der Waals surface area contributed by atoms with Gasteiger partial charge in [0, 0.05) is 17.1 Å². The van der Waals surface area contributed by atoms with Crippen molar-refractivity contribution in [1.82, 2.24) is 4.98 Å². The molecule has 1 amide bonds. The van der Waals surface area contributed by atoms with Crippen molar-refractivity contribution in [2.75, 3.05) is 5.32 Å². The number of nitrogens with one attached hydrogen (secondary N) is 2. The molecule has 4 nitrogen and oxygen atoms in total. The maximum Gasteiger partial charge on any atom is 0.416 e. The number of hydrogen-bond donors (Lipinski definition) is 2. The fourth-order valence-corrected chi connectivity index (χ4v) is 3.26. The summed E-state index contributed by atoms with van der Waals surface area (Å²) in [5.74, 6) is -0.753. The number of benzene rings is 2. The molecule has 0 bridgehead atoms. The smallest absolute Gasteiger partial charge is 0.416 e. The molecule has 164 valence electrons. The van der Waals surface area contributed by atoms with Gasteiger partial charge in [-0.15, -0.1) is 0 Å². The summed E-state index contributed by atoms with van der Waals surface area (Å²) in [6.07, 6.45) is -8.13. The average molecular weight is 442 g/mol. The first-order valence-corrected chi connectivity index (χ1v) is 9.28. The molecule has 1 heterocycles. The van der Waals surface area contributed by atoms with Gasteiger partial charge in [-0.2, -0.15) is 26.3 Å². The number of amides is 1.